The van der Waals surface area contributed by atoms with E-state index in [1.54, 1.807) is 0 Å². The van der Waals surface area contributed by atoms with Crippen LogP contribution in [0.2, 0.25) is 0 Å². The van der Waals surface area contributed by atoms with Crippen LogP contribution in [0.25, 0.3) is 0 Å². The molecule has 5 N–H and O–H groups in total. The molecule has 0 aromatic rings. The van der Waals surface area contributed by atoms with Crippen molar-refractivity contribution in [2.75, 3.05) is 6.61 Å². The van der Waals surface area contributed by atoms with Crippen LogP contribution >= 0.6 is 0 Å². The first-order valence-electron chi connectivity index (χ1n) is 3.74. The molecule has 0 saturated heterocycles. The predicted octanol–water partition coefficient (Wildman–Crippen LogP) is -3.13. The van der Waals surface area contributed by atoms with Gasteiger partial charge in [0.05, 0.1) is 12.5 Å². The van der Waals surface area contributed by atoms with Crippen molar-refractivity contribution < 1.29 is 49.6 Å². The van der Waals surface area contributed by atoms with Gasteiger partial charge in [-0.1, -0.05) is 0 Å². The molecule has 17 heavy (non-hydrogen) atoms. The molecule has 0 aliphatic carbocycles. The Morgan fingerprint density at radius 2 is 1.18 bits per heavy atom. The molecule has 0 saturated carbocycles. The molecule has 2 atom stereocenters. The highest BCUT2D eigenvalue weighted by atomic mass is 32.3. The molecule has 11 nitrogen and oxygen atoms in total. The number of aliphatic hydroxyl groups excluding tert-OH is 3. The van der Waals surface area contributed by atoms with Gasteiger partial charge in [-0.2, -0.15) is 16.8 Å². The molecule has 0 aliphatic heterocycles. The Hall–Kier alpha value is -0.380. The topological polar surface area (TPSA) is 188 Å². The Kier molecular flexibility index (Phi) is 5.85. The third-order valence-corrected chi connectivity index (χ3v) is 2.26. The fraction of sp³-hybridized carbons (Fsp3) is 1.00. The first-order chi connectivity index (χ1) is 7.46. The van der Waals surface area contributed by atoms with Crippen molar-refractivity contribution in [2.45, 2.75) is 12.6 Å². The van der Waals surface area contributed by atoms with E-state index < -0.39 is 45.9 Å². The van der Waals surface area contributed by atoms with Gasteiger partial charge in [-0.3, -0.25) is 9.11 Å². The summed E-state index contributed by atoms with van der Waals surface area (Å²) in [4.78, 5) is 0. The van der Waals surface area contributed by atoms with E-state index in [0.29, 0.717) is 0 Å². The van der Waals surface area contributed by atoms with E-state index >= 15 is 0 Å². The summed E-state index contributed by atoms with van der Waals surface area (Å²) < 4.78 is 64.1. The van der Waals surface area contributed by atoms with Crippen molar-refractivity contribution in [2.24, 2.45) is 5.92 Å². The Bertz CT molecular complexity index is 382. The zero-order valence-electron chi connectivity index (χ0n) is 7.94. The van der Waals surface area contributed by atoms with Gasteiger partial charge in [0.1, 0.15) is 0 Å². The maximum absolute atomic E-state index is 10.2. The standard InChI is InChI=1S/C4H10O11S2/c5-1-2(3(6)14-16(8,9)10)4(7)15-17(11,12)13/h2-7H,1H2,(H,8,9,10)(H,11,12,13). The van der Waals surface area contributed by atoms with Gasteiger partial charge in [0.25, 0.3) is 0 Å². The smallest absolute Gasteiger partial charge is 0.396 e. The maximum Gasteiger partial charge on any atom is 0.399 e. The van der Waals surface area contributed by atoms with E-state index in [1.807, 2.05) is 0 Å². The lowest BCUT2D eigenvalue weighted by Crippen LogP contribution is -2.39. The summed E-state index contributed by atoms with van der Waals surface area (Å²) in [5.74, 6) is -1.97. The quantitative estimate of drug-likeness (QED) is 0.236. The van der Waals surface area contributed by atoms with E-state index in [1.165, 1.54) is 0 Å². The van der Waals surface area contributed by atoms with Crippen LogP contribution in [0, 0.1) is 5.92 Å². The third kappa shape index (κ3) is 7.53. The summed E-state index contributed by atoms with van der Waals surface area (Å²) in [6, 6.07) is 0. The highest BCUT2D eigenvalue weighted by molar-refractivity contribution is 7.81. The van der Waals surface area contributed by atoms with Gasteiger partial charge < -0.3 is 15.3 Å². The predicted molar refractivity (Wildman–Crippen MR) is 47.9 cm³/mol. The molecule has 0 rings (SSSR count). The van der Waals surface area contributed by atoms with Crippen molar-refractivity contribution in [1.29, 1.82) is 0 Å². The summed E-state index contributed by atoms with van der Waals surface area (Å²) in [6.07, 6.45) is -4.99. The highest BCUT2D eigenvalue weighted by Gasteiger charge is 2.33. The van der Waals surface area contributed by atoms with Crippen molar-refractivity contribution in [3.05, 3.63) is 0 Å². The van der Waals surface area contributed by atoms with Gasteiger partial charge in [0.2, 0.25) is 0 Å². The van der Waals surface area contributed by atoms with Gasteiger partial charge >= 0.3 is 20.8 Å². The number of rotatable bonds is 7. The average Bonchev–Trinajstić information content (AvgIpc) is 1.96. The monoisotopic (exact) mass is 298 g/mol. The Balaban J connectivity index is 4.72. The fourth-order valence-electron chi connectivity index (χ4n) is 0.713. The first kappa shape index (κ1) is 16.6. The van der Waals surface area contributed by atoms with Crippen molar-refractivity contribution in [1.82, 2.24) is 0 Å². The summed E-state index contributed by atoms with van der Waals surface area (Å²) in [6.45, 7) is -1.17. The molecule has 0 amide bonds. The molecule has 104 valence electrons. The molecule has 0 fully saturated rings. The van der Waals surface area contributed by atoms with E-state index in [2.05, 4.69) is 8.37 Å². The number of hydrogen-bond acceptors (Lipinski definition) is 9. The lowest BCUT2D eigenvalue weighted by molar-refractivity contribution is -0.167. The molecule has 0 aromatic heterocycles. The molecule has 0 spiro atoms. The van der Waals surface area contributed by atoms with Crippen LogP contribution < -0.4 is 0 Å². The lowest BCUT2D eigenvalue weighted by atomic mass is 10.1. The third-order valence-electron chi connectivity index (χ3n) is 1.38. The van der Waals surface area contributed by atoms with Crippen LogP contribution in [0.4, 0.5) is 0 Å². The summed E-state index contributed by atoms with van der Waals surface area (Å²) in [7, 11) is -10.2. The van der Waals surface area contributed by atoms with Crippen LogP contribution in [0.15, 0.2) is 0 Å². The van der Waals surface area contributed by atoms with E-state index in [0.717, 1.165) is 0 Å². The Labute approximate surface area is 96.1 Å². The molecular formula is C4H10O11S2. The highest BCUT2D eigenvalue weighted by Crippen LogP contribution is 2.14. The van der Waals surface area contributed by atoms with Gasteiger partial charge in [0, 0.05) is 0 Å². The molecule has 0 aromatic carbocycles. The second-order valence-corrected chi connectivity index (χ2v) is 4.77. The van der Waals surface area contributed by atoms with Crippen LogP contribution in [0.3, 0.4) is 0 Å². The van der Waals surface area contributed by atoms with Gasteiger partial charge in [-0.15, -0.1) is 0 Å². The summed E-state index contributed by atoms with van der Waals surface area (Å²) in [5, 5.41) is 26.6. The second kappa shape index (κ2) is 5.98. The number of hydrogen-bond donors (Lipinski definition) is 5. The largest absolute Gasteiger partial charge is 0.399 e. The van der Waals surface area contributed by atoms with Crippen LogP contribution in [0.5, 0.6) is 0 Å². The van der Waals surface area contributed by atoms with Crippen molar-refractivity contribution >= 4 is 20.8 Å². The zero-order valence-corrected chi connectivity index (χ0v) is 9.57. The maximum atomic E-state index is 10.2. The van der Waals surface area contributed by atoms with Gasteiger partial charge in [0.15, 0.2) is 12.6 Å². The van der Waals surface area contributed by atoms with Gasteiger partial charge in [-0.05, 0) is 0 Å². The van der Waals surface area contributed by atoms with Crippen LogP contribution in [-0.4, -0.2) is 60.4 Å². The van der Waals surface area contributed by atoms with E-state index in [9.17, 15) is 16.8 Å². The average molecular weight is 298 g/mol. The molecule has 0 radical (unpaired) electrons. The molecule has 0 heterocycles. The first-order valence-corrected chi connectivity index (χ1v) is 6.47. The molecule has 0 aliphatic rings. The minimum absolute atomic E-state index is 1.17. The van der Waals surface area contributed by atoms with Gasteiger partial charge in [-0.25, -0.2) is 8.37 Å². The van der Waals surface area contributed by atoms with E-state index in [4.69, 9.17) is 24.4 Å². The SMILES string of the molecule is O=S(=O)(O)OC(O)C(CO)C(O)OS(=O)(=O)O. The minimum atomic E-state index is -5.10. The fourth-order valence-corrected chi connectivity index (χ4v) is 1.50. The lowest BCUT2D eigenvalue weighted by Gasteiger charge is -2.22. The van der Waals surface area contributed by atoms with E-state index in [-0.39, 0.29) is 0 Å². The van der Waals surface area contributed by atoms with Crippen molar-refractivity contribution in [3.63, 3.8) is 0 Å². The zero-order chi connectivity index (χ0) is 13.9. The minimum Gasteiger partial charge on any atom is -0.396 e. The molecule has 2 unspecified atom stereocenters. The molecular weight excluding hydrogens is 288 g/mol. The Morgan fingerprint density at radius 1 is 0.882 bits per heavy atom. The van der Waals surface area contributed by atoms with Crippen molar-refractivity contribution in [3.8, 4) is 0 Å². The number of aliphatic hydroxyl groups is 3. The molecule has 13 heteroatoms. The van der Waals surface area contributed by atoms with Crippen LogP contribution in [-0.2, 0) is 29.2 Å². The normalized spacial score (nSPS) is 18.6. The second-order valence-electron chi connectivity index (χ2n) is 2.68. The summed E-state index contributed by atoms with van der Waals surface area (Å²) >= 11 is 0. The van der Waals surface area contributed by atoms with Crippen LogP contribution in [0.1, 0.15) is 0 Å². The summed E-state index contributed by atoms with van der Waals surface area (Å²) in [5.41, 5.74) is 0. The molecule has 0 bridgehead atoms. The Morgan fingerprint density at radius 3 is 1.35 bits per heavy atom.